The molecule has 0 atom stereocenters. The van der Waals surface area contributed by atoms with E-state index in [1.54, 1.807) is 36.5 Å². The smallest absolute Gasteiger partial charge is 0.272 e. The van der Waals surface area contributed by atoms with E-state index in [9.17, 15) is 9.18 Å². The van der Waals surface area contributed by atoms with E-state index in [0.717, 1.165) is 16.5 Å². The second kappa shape index (κ2) is 8.30. The van der Waals surface area contributed by atoms with Crippen molar-refractivity contribution in [2.24, 2.45) is 0 Å². The molecular weight excluding hydrogens is 449 g/mol. The van der Waals surface area contributed by atoms with E-state index in [2.05, 4.69) is 46.0 Å². The summed E-state index contributed by atoms with van der Waals surface area (Å²) in [5.41, 5.74) is 3.32. The van der Waals surface area contributed by atoms with E-state index in [-0.39, 0.29) is 11.6 Å². The molecular formula is C24H16FN9O. The number of anilines is 3. The van der Waals surface area contributed by atoms with Crippen LogP contribution in [0.5, 0.6) is 0 Å². The van der Waals surface area contributed by atoms with Gasteiger partial charge in [-0.1, -0.05) is 12.1 Å². The van der Waals surface area contributed by atoms with Crippen molar-refractivity contribution in [1.29, 1.82) is 0 Å². The molecule has 0 fully saturated rings. The molecule has 6 aromatic rings. The highest BCUT2D eigenvalue weighted by atomic mass is 19.1. The summed E-state index contributed by atoms with van der Waals surface area (Å²) in [6.07, 6.45) is 6.01. The number of hydrogen-bond acceptors (Lipinski definition) is 7. The SMILES string of the molecule is O=C(Nc1ccnnc1)c1cc2ccc(-c3nccc(Nc4ccc5[nH]ncc5c4F)n3)cc2[nH]1. The first-order valence-electron chi connectivity index (χ1n) is 10.6. The number of nitrogens with one attached hydrogen (secondary N) is 4. The first-order chi connectivity index (χ1) is 17.1. The van der Waals surface area contributed by atoms with Gasteiger partial charge in [-0.15, -0.1) is 0 Å². The van der Waals surface area contributed by atoms with Crippen LogP contribution in [0.3, 0.4) is 0 Å². The Morgan fingerprint density at radius 1 is 0.943 bits per heavy atom. The van der Waals surface area contributed by atoms with Gasteiger partial charge in [-0.25, -0.2) is 14.4 Å². The van der Waals surface area contributed by atoms with Crippen molar-refractivity contribution in [2.45, 2.75) is 0 Å². The largest absolute Gasteiger partial charge is 0.350 e. The molecule has 4 N–H and O–H groups in total. The maximum absolute atomic E-state index is 14.8. The number of carbonyl (C=O) groups excluding carboxylic acids is 1. The maximum atomic E-state index is 14.8. The monoisotopic (exact) mass is 465 g/mol. The molecule has 35 heavy (non-hydrogen) atoms. The lowest BCUT2D eigenvalue weighted by Gasteiger charge is -2.08. The highest BCUT2D eigenvalue weighted by molar-refractivity contribution is 6.06. The highest BCUT2D eigenvalue weighted by Crippen LogP contribution is 2.27. The molecule has 6 rings (SSSR count). The second-order valence-corrected chi connectivity index (χ2v) is 7.72. The Morgan fingerprint density at radius 3 is 2.77 bits per heavy atom. The van der Waals surface area contributed by atoms with Crippen LogP contribution in [0, 0.1) is 5.82 Å². The van der Waals surface area contributed by atoms with Gasteiger partial charge in [0.2, 0.25) is 0 Å². The number of aromatic nitrogens is 7. The molecule has 0 aliphatic carbocycles. The van der Waals surface area contributed by atoms with E-state index >= 15 is 0 Å². The van der Waals surface area contributed by atoms with Gasteiger partial charge in [0.25, 0.3) is 5.91 Å². The van der Waals surface area contributed by atoms with Crippen molar-refractivity contribution < 1.29 is 9.18 Å². The number of carbonyl (C=O) groups is 1. The zero-order chi connectivity index (χ0) is 23.8. The standard InChI is InChI=1S/C24H16FN9O/c25-22-16-12-29-34-17(16)3-4-18(22)32-21-6-7-26-23(33-21)14-2-1-13-9-20(31-19(13)10-14)24(35)30-15-5-8-27-28-11-15/h1-12,31H,(H,29,34)(H,26,32,33)(H,27,30,35). The molecule has 0 saturated heterocycles. The fourth-order valence-electron chi connectivity index (χ4n) is 3.74. The van der Waals surface area contributed by atoms with Crippen LogP contribution in [0.25, 0.3) is 33.2 Å². The van der Waals surface area contributed by atoms with E-state index in [4.69, 9.17) is 0 Å². The molecule has 10 nitrogen and oxygen atoms in total. The predicted octanol–water partition coefficient (Wildman–Crippen LogP) is 4.43. The summed E-state index contributed by atoms with van der Waals surface area (Å²) in [4.78, 5) is 24.6. The van der Waals surface area contributed by atoms with E-state index < -0.39 is 5.82 Å². The molecule has 4 heterocycles. The summed E-state index contributed by atoms with van der Waals surface area (Å²) in [5, 5.41) is 21.1. The van der Waals surface area contributed by atoms with Crippen LogP contribution in [0.15, 0.2) is 73.3 Å². The van der Waals surface area contributed by atoms with Gasteiger partial charge in [-0.2, -0.15) is 15.3 Å². The molecule has 0 bridgehead atoms. The van der Waals surface area contributed by atoms with Gasteiger partial charge < -0.3 is 15.6 Å². The number of fused-ring (bicyclic) bond motifs is 2. The average molecular weight is 465 g/mol. The van der Waals surface area contributed by atoms with E-state index in [0.29, 0.717) is 33.9 Å². The van der Waals surface area contributed by atoms with Crippen molar-refractivity contribution in [3.05, 3.63) is 84.8 Å². The molecule has 0 aliphatic heterocycles. The normalized spacial score (nSPS) is 11.1. The summed E-state index contributed by atoms with van der Waals surface area (Å²) in [7, 11) is 0. The Balaban J connectivity index is 1.27. The Bertz CT molecular complexity index is 1690. The lowest BCUT2D eigenvalue weighted by Crippen LogP contribution is -2.12. The van der Waals surface area contributed by atoms with Gasteiger partial charge in [0.1, 0.15) is 11.5 Å². The third-order valence-electron chi connectivity index (χ3n) is 5.44. The quantitative estimate of drug-likeness (QED) is 0.296. The minimum atomic E-state index is -0.419. The number of H-pyrrole nitrogens is 2. The summed E-state index contributed by atoms with van der Waals surface area (Å²) >= 11 is 0. The van der Waals surface area contributed by atoms with Crippen LogP contribution in [-0.2, 0) is 0 Å². The highest BCUT2D eigenvalue weighted by Gasteiger charge is 2.13. The zero-order valence-electron chi connectivity index (χ0n) is 18.0. The molecule has 4 aromatic heterocycles. The predicted molar refractivity (Wildman–Crippen MR) is 129 cm³/mol. The first kappa shape index (κ1) is 20.4. The summed E-state index contributed by atoms with van der Waals surface area (Å²) in [6, 6.07) is 14.0. The van der Waals surface area contributed by atoms with Crippen LogP contribution in [0.2, 0.25) is 0 Å². The third kappa shape index (κ3) is 3.91. The fourth-order valence-corrected chi connectivity index (χ4v) is 3.74. The number of benzene rings is 2. The number of halogens is 1. The van der Waals surface area contributed by atoms with Gasteiger partial charge in [0, 0.05) is 22.7 Å². The minimum absolute atomic E-state index is 0.281. The number of nitrogens with zero attached hydrogens (tertiary/aromatic N) is 5. The van der Waals surface area contributed by atoms with Crippen LogP contribution in [-0.4, -0.2) is 41.3 Å². The maximum Gasteiger partial charge on any atom is 0.272 e. The van der Waals surface area contributed by atoms with Gasteiger partial charge in [0.05, 0.1) is 40.9 Å². The number of amides is 1. The van der Waals surface area contributed by atoms with Crippen LogP contribution in [0.1, 0.15) is 10.5 Å². The number of hydrogen-bond donors (Lipinski definition) is 4. The summed E-state index contributed by atoms with van der Waals surface area (Å²) in [5.74, 6) is 0.173. The van der Waals surface area contributed by atoms with Crippen molar-refractivity contribution in [3.8, 4) is 11.4 Å². The minimum Gasteiger partial charge on any atom is -0.350 e. The van der Waals surface area contributed by atoms with Crippen molar-refractivity contribution in [2.75, 3.05) is 10.6 Å². The lowest BCUT2D eigenvalue weighted by atomic mass is 10.1. The molecule has 0 unspecified atom stereocenters. The van der Waals surface area contributed by atoms with Crippen molar-refractivity contribution >= 4 is 44.9 Å². The van der Waals surface area contributed by atoms with Gasteiger partial charge in [-0.3, -0.25) is 9.89 Å². The molecule has 2 aromatic carbocycles. The molecule has 170 valence electrons. The van der Waals surface area contributed by atoms with E-state index in [1.165, 1.54) is 18.6 Å². The Hall–Kier alpha value is -5.19. The Kier molecular flexibility index (Phi) is 4.84. The molecule has 11 heteroatoms. The zero-order valence-corrected chi connectivity index (χ0v) is 18.0. The Morgan fingerprint density at radius 2 is 1.89 bits per heavy atom. The average Bonchev–Trinajstić information content (AvgIpc) is 3.54. The lowest BCUT2D eigenvalue weighted by molar-refractivity contribution is 0.102. The van der Waals surface area contributed by atoms with Crippen LogP contribution >= 0.6 is 0 Å². The second-order valence-electron chi connectivity index (χ2n) is 7.72. The Labute approximate surface area is 196 Å². The molecule has 0 radical (unpaired) electrons. The van der Waals surface area contributed by atoms with E-state index in [1.807, 2.05) is 18.2 Å². The molecule has 0 spiro atoms. The summed E-state index contributed by atoms with van der Waals surface area (Å²) < 4.78 is 14.8. The van der Waals surface area contributed by atoms with Crippen LogP contribution in [0.4, 0.5) is 21.6 Å². The topological polar surface area (TPSA) is 137 Å². The van der Waals surface area contributed by atoms with Crippen LogP contribution < -0.4 is 10.6 Å². The third-order valence-corrected chi connectivity index (χ3v) is 5.44. The molecule has 1 amide bonds. The fraction of sp³-hybridized carbons (Fsp3) is 0. The molecule has 0 saturated carbocycles. The molecule has 0 aliphatic rings. The number of aromatic amines is 2. The van der Waals surface area contributed by atoms with Crippen molar-refractivity contribution in [1.82, 2.24) is 35.3 Å². The van der Waals surface area contributed by atoms with Gasteiger partial charge >= 0.3 is 0 Å². The van der Waals surface area contributed by atoms with Gasteiger partial charge in [-0.05, 0) is 36.4 Å². The van der Waals surface area contributed by atoms with Gasteiger partial charge in [0.15, 0.2) is 11.6 Å². The first-order valence-corrected chi connectivity index (χ1v) is 10.6. The van der Waals surface area contributed by atoms with Crippen molar-refractivity contribution in [3.63, 3.8) is 0 Å². The number of rotatable bonds is 5. The summed E-state index contributed by atoms with van der Waals surface area (Å²) in [6.45, 7) is 0.